The van der Waals surface area contributed by atoms with E-state index >= 15 is 0 Å². The van der Waals surface area contributed by atoms with Gasteiger partial charge in [0.25, 0.3) is 0 Å². The van der Waals surface area contributed by atoms with E-state index < -0.39 is 10.0 Å². The fourth-order valence-electron chi connectivity index (χ4n) is 1.89. The van der Waals surface area contributed by atoms with Crippen LogP contribution in [0.5, 0.6) is 5.75 Å². The topological polar surface area (TPSA) is 46.6 Å². The summed E-state index contributed by atoms with van der Waals surface area (Å²) in [7, 11) is -0.362. The molecule has 0 saturated heterocycles. The Hall–Kier alpha value is -0.430. The predicted molar refractivity (Wildman–Crippen MR) is 90.0 cm³/mol. The van der Waals surface area contributed by atoms with Crippen molar-refractivity contribution in [1.29, 1.82) is 0 Å². The maximum absolute atomic E-state index is 12.6. The molecule has 1 aromatic carbocycles. The molecule has 21 heavy (non-hydrogen) atoms. The van der Waals surface area contributed by atoms with Crippen LogP contribution in [0.1, 0.15) is 18.9 Å². The number of ether oxygens (including phenoxy) is 1. The van der Waals surface area contributed by atoms with Crippen molar-refractivity contribution in [2.24, 2.45) is 0 Å². The summed E-state index contributed by atoms with van der Waals surface area (Å²) in [6.45, 7) is 1.92. The van der Waals surface area contributed by atoms with Crippen LogP contribution < -0.4 is 4.74 Å². The van der Waals surface area contributed by atoms with Crippen molar-refractivity contribution in [3.05, 3.63) is 23.8 Å². The fraction of sp³-hybridized carbons (Fsp3) is 0.571. The highest BCUT2D eigenvalue weighted by atomic mass is 35.5. The molecular formula is C14H22ClNO3S2. The molecule has 4 nitrogen and oxygen atoms in total. The summed E-state index contributed by atoms with van der Waals surface area (Å²) in [5.74, 6) is 1.73. The molecule has 120 valence electrons. The zero-order chi connectivity index (χ0) is 16.0. The van der Waals surface area contributed by atoms with Gasteiger partial charge in [-0.05, 0) is 43.6 Å². The van der Waals surface area contributed by atoms with E-state index in [0.717, 1.165) is 12.2 Å². The first-order chi connectivity index (χ1) is 9.88. The minimum atomic E-state index is -3.52. The fourth-order valence-corrected chi connectivity index (χ4v) is 4.12. The van der Waals surface area contributed by atoms with Crippen LogP contribution in [0.15, 0.2) is 23.1 Å². The summed E-state index contributed by atoms with van der Waals surface area (Å²) in [6.07, 6.45) is 2.83. The van der Waals surface area contributed by atoms with Gasteiger partial charge in [0.2, 0.25) is 10.0 Å². The third-order valence-corrected chi connectivity index (χ3v) is 6.33. The number of hydrogen-bond acceptors (Lipinski definition) is 4. The Balaban J connectivity index is 3.07. The van der Waals surface area contributed by atoms with E-state index in [4.69, 9.17) is 16.3 Å². The average molecular weight is 352 g/mol. The molecule has 0 aliphatic rings. The van der Waals surface area contributed by atoms with Gasteiger partial charge in [0.15, 0.2) is 0 Å². The first kappa shape index (κ1) is 18.6. The number of benzene rings is 1. The summed E-state index contributed by atoms with van der Waals surface area (Å²) in [5.41, 5.74) is 0.672. The number of methoxy groups -OCH3 is 1. The van der Waals surface area contributed by atoms with Gasteiger partial charge in [-0.2, -0.15) is 16.1 Å². The van der Waals surface area contributed by atoms with E-state index in [-0.39, 0.29) is 16.8 Å². The van der Waals surface area contributed by atoms with Crippen molar-refractivity contribution in [2.45, 2.75) is 30.2 Å². The summed E-state index contributed by atoms with van der Waals surface area (Å²) >= 11 is 7.56. The number of nitrogens with zero attached hydrogens (tertiary/aromatic N) is 1. The van der Waals surface area contributed by atoms with Gasteiger partial charge in [0.1, 0.15) is 5.75 Å². The van der Waals surface area contributed by atoms with Gasteiger partial charge >= 0.3 is 0 Å². The standard InChI is InChI=1S/C14H22ClNO3S2/c1-11(7-8-20-4)16(2)21(17,18)13-5-6-14(19-3)12(9-13)10-15/h5-6,9,11H,7-8,10H2,1-4H3. The van der Waals surface area contributed by atoms with Crippen LogP contribution in [0, 0.1) is 0 Å². The number of hydrogen-bond donors (Lipinski definition) is 0. The smallest absolute Gasteiger partial charge is 0.243 e. The van der Waals surface area contributed by atoms with Crippen molar-refractivity contribution in [3.63, 3.8) is 0 Å². The van der Waals surface area contributed by atoms with Crippen molar-refractivity contribution in [1.82, 2.24) is 4.31 Å². The maximum atomic E-state index is 12.6. The Morgan fingerprint density at radius 2 is 2.10 bits per heavy atom. The molecule has 1 unspecified atom stereocenters. The molecule has 0 heterocycles. The Labute approximate surface area is 136 Å². The molecule has 0 bridgehead atoms. The Morgan fingerprint density at radius 3 is 2.62 bits per heavy atom. The van der Waals surface area contributed by atoms with Gasteiger partial charge < -0.3 is 4.74 Å². The predicted octanol–water partition coefficient (Wildman–Crippen LogP) is 3.20. The molecule has 1 rings (SSSR count). The minimum absolute atomic E-state index is 0.0518. The van der Waals surface area contributed by atoms with Gasteiger partial charge in [-0.15, -0.1) is 11.6 Å². The number of halogens is 1. The Bertz CT molecular complexity index is 563. The van der Waals surface area contributed by atoms with Crippen LogP contribution in [0.4, 0.5) is 0 Å². The van der Waals surface area contributed by atoms with Gasteiger partial charge in [0, 0.05) is 18.7 Å². The average Bonchev–Trinajstić information content (AvgIpc) is 2.50. The number of sulfonamides is 1. The van der Waals surface area contributed by atoms with Gasteiger partial charge in [-0.25, -0.2) is 8.42 Å². The molecule has 0 N–H and O–H groups in total. The molecule has 0 radical (unpaired) electrons. The van der Waals surface area contributed by atoms with Crippen LogP contribution in [0.2, 0.25) is 0 Å². The molecule has 0 aliphatic carbocycles. The Kier molecular flexibility index (Phi) is 7.33. The highest BCUT2D eigenvalue weighted by molar-refractivity contribution is 7.98. The van der Waals surface area contributed by atoms with Crippen LogP contribution in [0.25, 0.3) is 0 Å². The first-order valence-electron chi connectivity index (χ1n) is 6.58. The van der Waals surface area contributed by atoms with Gasteiger partial charge in [0.05, 0.1) is 17.9 Å². The van der Waals surface area contributed by atoms with Crippen molar-refractivity contribution in [3.8, 4) is 5.75 Å². The molecule has 0 saturated carbocycles. The summed E-state index contributed by atoms with van der Waals surface area (Å²) in [4.78, 5) is 0.248. The SMILES string of the molecule is COc1ccc(S(=O)(=O)N(C)C(C)CCSC)cc1CCl. The lowest BCUT2D eigenvalue weighted by molar-refractivity contribution is 0.382. The van der Waals surface area contributed by atoms with E-state index in [0.29, 0.717) is 11.3 Å². The molecule has 0 aromatic heterocycles. The molecule has 0 aliphatic heterocycles. The molecule has 1 aromatic rings. The van der Waals surface area contributed by atoms with Crippen LogP contribution in [0.3, 0.4) is 0 Å². The first-order valence-corrected chi connectivity index (χ1v) is 9.95. The second-order valence-corrected chi connectivity index (χ2v) is 8.01. The summed E-state index contributed by atoms with van der Waals surface area (Å²) < 4.78 is 31.9. The van der Waals surface area contributed by atoms with Gasteiger partial charge in [-0.3, -0.25) is 0 Å². The lowest BCUT2D eigenvalue weighted by atomic mass is 10.2. The zero-order valence-electron chi connectivity index (χ0n) is 12.8. The van der Waals surface area contributed by atoms with Crippen molar-refractivity contribution < 1.29 is 13.2 Å². The van der Waals surface area contributed by atoms with Gasteiger partial charge in [-0.1, -0.05) is 0 Å². The maximum Gasteiger partial charge on any atom is 0.243 e. The highest BCUT2D eigenvalue weighted by Crippen LogP contribution is 2.26. The van der Waals surface area contributed by atoms with E-state index in [1.807, 2.05) is 13.2 Å². The van der Waals surface area contributed by atoms with E-state index in [1.54, 1.807) is 37.0 Å². The summed E-state index contributed by atoms with van der Waals surface area (Å²) in [6, 6.07) is 4.73. The molecule has 0 amide bonds. The zero-order valence-corrected chi connectivity index (χ0v) is 15.2. The monoisotopic (exact) mass is 351 g/mol. The lowest BCUT2D eigenvalue weighted by Gasteiger charge is -2.24. The number of rotatable bonds is 8. The Morgan fingerprint density at radius 1 is 1.43 bits per heavy atom. The number of alkyl halides is 1. The van der Waals surface area contributed by atoms with Crippen LogP contribution >= 0.6 is 23.4 Å². The molecule has 1 atom stereocenters. The number of thioether (sulfide) groups is 1. The second-order valence-electron chi connectivity index (χ2n) is 4.76. The van der Waals surface area contributed by atoms with Crippen molar-refractivity contribution in [2.75, 3.05) is 26.2 Å². The molecular weight excluding hydrogens is 330 g/mol. The second kappa shape index (κ2) is 8.27. The van der Waals surface area contributed by atoms with Crippen molar-refractivity contribution >= 4 is 33.4 Å². The third kappa shape index (κ3) is 4.52. The van der Waals surface area contributed by atoms with E-state index in [9.17, 15) is 8.42 Å². The normalized spacial score (nSPS) is 13.4. The molecule has 0 spiro atoms. The van der Waals surface area contributed by atoms with E-state index in [1.165, 1.54) is 11.4 Å². The highest BCUT2D eigenvalue weighted by Gasteiger charge is 2.25. The molecule has 0 fully saturated rings. The lowest BCUT2D eigenvalue weighted by Crippen LogP contribution is -2.35. The quantitative estimate of drug-likeness (QED) is 0.675. The van der Waals surface area contributed by atoms with Crippen LogP contribution in [-0.4, -0.2) is 44.9 Å². The largest absolute Gasteiger partial charge is 0.496 e. The molecule has 7 heteroatoms. The summed E-state index contributed by atoms with van der Waals surface area (Å²) in [5, 5.41) is 0. The minimum Gasteiger partial charge on any atom is -0.496 e. The van der Waals surface area contributed by atoms with Crippen LogP contribution in [-0.2, 0) is 15.9 Å². The third-order valence-electron chi connectivity index (χ3n) is 3.43. The van der Waals surface area contributed by atoms with E-state index in [2.05, 4.69) is 0 Å².